The standard InChI is InChI=1S/C21H31N3/c1-23-13-10-19(11-14-23)24(16-17-5-3-2-4-6-17)20-7-8-21-18(15-20)9-12-22-21/h7-9,12,15,17,19,22H,2-6,10-11,13-14,16H2,1H3. The van der Waals surface area contributed by atoms with Crippen molar-refractivity contribution in [2.75, 3.05) is 31.6 Å². The quantitative estimate of drug-likeness (QED) is 0.884. The highest BCUT2D eigenvalue weighted by atomic mass is 15.2. The number of hydrogen-bond acceptors (Lipinski definition) is 2. The van der Waals surface area contributed by atoms with Crippen LogP contribution in [-0.2, 0) is 0 Å². The Bertz CT molecular complexity index is 648. The number of rotatable bonds is 4. The van der Waals surface area contributed by atoms with Gasteiger partial charge < -0.3 is 14.8 Å². The Hall–Kier alpha value is -1.48. The lowest BCUT2D eigenvalue weighted by Gasteiger charge is -2.41. The van der Waals surface area contributed by atoms with Gasteiger partial charge >= 0.3 is 0 Å². The predicted molar refractivity (Wildman–Crippen MR) is 103 cm³/mol. The molecule has 1 saturated carbocycles. The monoisotopic (exact) mass is 325 g/mol. The van der Waals surface area contributed by atoms with Gasteiger partial charge in [0.15, 0.2) is 0 Å². The average molecular weight is 326 g/mol. The summed E-state index contributed by atoms with van der Waals surface area (Å²) in [5, 5.41) is 1.34. The summed E-state index contributed by atoms with van der Waals surface area (Å²) >= 11 is 0. The van der Waals surface area contributed by atoms with E-state index in [1.807, 2.05) is 0 Å². The van der Waals surface area contributed by atoms with Gasteiger partial charge in [-0.05, 0) is 76.0 Å². The lowest BCUT2D eigenvalue weighted by atomic mass is 9.88. The van der Waals surface area contributed by atoms with Crippen LogP contribution in [0.2, 0.25) is 0 Å². The molecule has 4 rings (SSSR count). The average Bonchev–Trinajstić information content (AvgIpc) is 3.09. The second-order valence-electron chi connectivity index (χ2n) is 7.94. The fourth-order valence-corrected chi connectivity index (χ4v) is 4.64. The first kappa shape index (κ1) is 16.0. The van der Waals surface area contributed by atoms with Crippen LogP contribution >= 0.6 is 0 Å². The van der Waals surface area contributed by atoms with Crippen LogP contribution in [0, 0.1) is 5.92 Å². The summed E-state index contributed by atoms with van der Waals surface area (Å²) in [5.41, 5.74) is 2.68. The minimum absolute atomic E-state index is 0.708. The fourth-order valence-electron chi connectivity index (χ4n) is 4.64. The van der Waals surface area contributed by atoms with Crippen molar-refractivity contribution in [3.63, 3.8) is 0 Å². The SMILES string of the molecule is CN1CCC(N(CC2CCCCC2)c2ccc3[nH]ccc3c2)CC1. The molecule has 2 fully saturated rings. The van der Waals surface area contributed by atoms with E-state index >= 15 is 0 Å². The molecule has 2 heterocycles. The van der Waals surface area contributed by atoms with Crippen LogP contribution < -0.4 is 4.90 Å². The van der Waals surface area contributed by atoms with E-state index in [0.29, 0.717) is 6.04 Å². The van der Waals surface area contributed by atoms with Gasteiger partial charge in [0.25, 0.3) is 0 Å². The second-order valence-corrected chi connectivity index (χ2v) is 7.94. The molecule has 0 atom stereocenters. The number of aromatic amines is 1. The molecule has 130 valence electrons. The Morgan fingerprint density at radius 1 is 1.04 bits per heavy atom. The molecular formula is C21H31N3. The number of piperidine rings is 1. The molecule has 1 aliphatic carbocycles. The van der Waals surface area contributed by atoms with Gasteiger partial charge in [-0.25, -0.2) is 0 Å². The highest BCUT2D eigenvalue weighted by Crippen LogP contribution is 2.31. The first-order valence-electron chi connectivity index (χ1n) is 9.82. The molecule has 0 radical (unpaired) electrons. The molecule has 24 heavy (non-hydrogen) atoms. The Morgan fingerprint density at radius 2 is 1.83 bits per heavy atom. The maximum atomic E-state index is 3.33. The third-order valence-electron chi connectivity index (χ3n) is 6.18. The third-order valence-corrected chi connectivity index (χ3v) is 6.18. The van der Waals surface area contributed by atoms with E-state index in [-0.39, 0.29) is 0 Å². The van der Waals surface area contributed by atoms with Crippen LogP contribution in [0.15, 0.2) is 30.5 Å². The van der Waals surface area contributed by atoms with Crippen LogP contribution in [0.1, 0.15) is 44.9 Å². The van der Waals surface area contributed by atoms with Crippen LogP contribution in [-0.4, -0.2) is 42.6 Å². The third kappa shape index (κ3) is 3.46. The molecule has 1 saturated heterocycles. The molecule has 2 aliphatic rings. The topological polar surface area (TPSA) is 22.3 Å². The molecule has 1 aromatic carbocycles. The van der Waals surface area contributed by atoms with Crippen molar-refractivity contribution in [1.29, 1.82) is 0 Å². The van der Waals surface area contributed by atoms with Crippen molar-refractivity contribution < 1.29 is 0 Å². The molecule has 0 spiro atoms. The molecular weight excluding hydrogens is 294 g/mol. The van der Waals surface area contributed by atoms with Crippen LogP contribution in [0.25, 0.3) is 10.9 Å². The van der Waals surface area contributed by atoms with Gasteiger partial charge in [0.05, 0.1) is 0 Å². The summed E-state index contributed by atoms with van der Waals surface area (Å²) in [6.07, 6.45) is 11.8. The maximum absolute atomic E-state index is 3.33. The Labute approximate surface area is 146 Å². The zero-order valence-electron chi connectivity index (χ0n) is 15.0. The van der Waals surface area contributed by atoms with Crippen molar-refractivity contribution in [2.24, 2.45) is 5.92 Å². The van der Waals surface area contributed by atoms with E-state index < -0.39 is 0 Å². The zero-order valence-corrected chi connectivity index (χ0v) is 15.0. The number of aromatic nitrogens is 1. The Kier molecular flexibility index (Phi) is 4.79. The fraction of sp³-hybridized carbons (Fsp3) is 0.619. The van der Waals surface area contributed by atoms with Gasteiger partial charge in [-0.15, -0.1) is 0 Å². The first-order chi connectivity index (χ1) is 11.8. The summed E-state index contributed by atoms with van der Waals surface area (Å²) in [4.78, 5) is 8.56. The van der Waals surface area contributed by atoms with E-state index in [1.165, 1.54) is 81.2 Å². The Balaban J connectivity index is 1.58. The van der Waals surface area contributed by atoms with Gasteiger partial charge in [0.1, 0.15) is 0 Å². The number of hydrogen-bond donors (Lipinski definition) is 1. The molecule has 0 amide bonds. The smallest absolute Gasteiger partial charge is 0.0455 e. The predicted octanol–water partition coefficient (Wildman–Crippen LogP) is 4.65. The van der Waals surface area contributed by atoms with Crippen molar-refractivity contribution in [3.05, 3.63) is 30.5 Å². The number of H-pyrrole nitrogens is 1. The van der Waals surface area contributed by atoms with Crippen molar-refractivity contribution in [2.45, 2.75) is 51.0 Å². The molecule has 3 heteroatoms. The maximum Gasteiger partial charge on any atom is 0.0455 e. The summed E-state index contributed by atoms with van der Waals surface area (Å²) in [7, 11) is 2.26. The summed E-state index contributed by atoms with van der Waals surface area (Å²) < 4.78 is 0. The molecule has 1 N–H and O–H groups in total. The molecule has 0 bridgehead atoms. The lowest BCUT2D eigenvalue weighted by Crippen LogP contribution is -2.46. The minimum Gasteiger partial charge on any atom is -0.368 e. The van der Waals surface area contributed by atoms with Crippen molar-refractivity contribution in [1.82, 2.24) is 9.88 Å². The number of nitrogens with zero attached hydrogens (tertiary/aromatic N) is 2. The summed E-state index contributed by atoms with van der Waals surface area (Å²) in [6, 6.07) is 9.90. The van der Waals surface area contributed by atoms with Gasteiger partial charge in [-0.2, -0.15) is 0 Å². The van der Waals surface area contributed by atoms with Crippen molar-refractivity contribution >= 4 is 16.6 Å². The number of likely N-dealkylation sites (tertiary alicyclic amines) is 1. The lowest BCUT2D eigenvalue weighted by molar-refractivity contribution is 0.242. The molecule has 1 aliphatic heterocycles. The molecule has 3 nitrogen and oxygen atoms in total. The van der Waals surface area contributed by atoms with Gasteiger partial charge in [0.2, 0.25) is 0 Å². The molecule has 1 aromatic heterocycles. The highest BCUT2D eigenvalue weighted by molar-refractivity contribution is 5.83. The van der Waals surface area contributed by atoms with E-state index in [1.54, 1.807) is 0 Å². The summed E-state index contributed by atoms with van der Waals surface area (Å²) in [6.45, 7) is 3.72. The number of nitrogens with one attached hydrogen (secondary N) is 1. The van der Waals surface area contributed by atoms with Crippen LogP contribution in [0.5, 0.6) is 0 Å². The van der Waals surface area contributed by atoms with Crippen molar-refractivity contribution in [3.8, 4) is 0 Å². The van der Waals surface area contributed by atoms with Gasteiger partial charge in [0, 0.05) is 35.4 Å². The number of benzene rings is 1. The highest BCUT2D eigenvalue weighted by Gasteiger charge is 2.26. The molecule has 2 aromatic rings. The van der Waals surface area contributed by atoms with E-state index in [4.69, 9.17) is 0 Å². The van der Waals surface area contributed by atoms with Gasteiger partial charge in [-0.3, -0.25) is 0 Å². The second kappa shape index (κ2) is 7.18. The number of fused-ring (bicyclic) bond motifs is 1. The zero-order chi connectivity index (χ0) is 16.4. The normalized spacial score (nSPS) is 21.4. The van der Waals surface area contributed by atoms with E-state index in [9.17, 15) is 0 Å². The number of anilines is 1. The summed E-state index contributed by atoms with van der Waals surface area (Å²) in [5.74, 6) is 0.889. The minimum atomic E-state index is 0.708. The largest absolute Gasteiger partial charge is 0.368 e. The van der Waals surface area contributed by atoms with E-state index in [2.05, 4.69) is 52.3 Å². The Morgan fingerprint density at radius 3 is 2.62 bits per heavy atom. The van der Waals surface area contributed by atoms with Crippen LogP contribution in [0.3, 0.4) is 0 Å². The molecule has 0 unspecified atom stereocenters. The first-order valence-corrected chi connectivity index (χ1v) is 9.82. The van der Waals surface area contributed by atoms with Crippen LogP contribution in [0.4, 0.5) is 5.69 Å². The van der Waals surface area contributed by atoms with Gasteiger partial charge in [-0.1, -0.05) is 19.3 Å². The van der Waals surface area contributed by atoms with E-state index in [0.717, 1.165) is 5.92 Å².